The Morgan fingerprint density at radius 3 is 2.36 bits per heavy atom. The number of anilines is 2. The third-order valence-corrected chi connectivity index (χ3v) is 7.45. The van der Waals surface area contributed by atoms with Crippen molar-refractivity contribution in [2.45, 2.75) is 18.3 Å². The fourth-order valence-corrected chi connectivity index (χ4v) is 5.63. The molecule has 4 heterocycles. The van der Waals surface area contributed by atoms with E-state index in [0.29, 0.717) is 24.0 Å². The number of halogens is 3. The zero-order valence-corrected chi connectivity index (χ0v) is 21.7. The Balaban J connectivity index is 1.42. The number of rotatable bonds is 5. The van der Waals surface area contributed by atoms with Crippen LogP contribution in [0.4, 0.5) is 24.5 Å². The molecule has 39 heavy (non-hydrogen) atoms. The molecule has 2 aliphatic heterocycles. The van der Waals surface area contributed by atoms with E-state index >= 15 is 0 Å². The van der Waals surface area contributed by atoms with Crippen molar-refractivity contribution < 1.29 is 17.9 Å². The van der Waals surface area contributed by atoms with E-state index in [2.05, 4.69) is 27.3 Å². The highest BCUT2D eigenvalue weighted by Crippen LogP contribution is 2.43. The molecular formula is C29H26F3N5OS. The molecule has 2 aliphatic rings. The molecule has 0 radical (unpaired) electrons. The summed E-state index contributed by atoms with van der Waals surface area (Å²) in [6.45, 7) is 3.06. The smallest absolute Gasteiger partial charge is 0.378 e. The van der Waals surface area contributed by atoms with Gasteiger partial charge in [0.2, 0.25) is 0 Å². The number of ether oxygens (including phenoxy) is 1. The standard InChI is InChI=1S/C29H26F3N5OS/c30-29(31,32)20-5-3-6-23(19-20)36-14-4-8-25(36)27-26(24-7-1-2-13-33-24)34-28(39)37(27)22-11-9-21(10-12-22)35-15-17-38-18-16-35/h1-14,19,26-27H,15-18H2,(H,34,39)/t26-,27+/m0/s1. The summed E-state index contributed by atoms with van der Waals surface area (Å²) in [5.41, 5.74) is 3.28. The lowest BCUT2D eigenvalue weighted by atomic mass is 10.0. The van der Waals surface area contributed by atoms with Crippen LogP contribution in [0.2, 0.25) is 0 Å². The molecule has 200 valence electrons. The summed E-state index contributed by atoms with van der Waals surface area (Å²) in [5.74, 6) is 0. The summed E-state index contributed by atoms with van der Waals surface area (Å²) in [5, 5.41) is 3.94. The van der Waals surface area contributed by atoms with E-state index in [1.807, 2.05) is 47.4 Å². The van der Waals surface area contributed by atoms with Gasteiger partial charge in [-0.25, -0.2) is 0 Å². The second-order valence-corrected chi connectivity index (χ2v) is 9.85. The molecule has 2 fully saturated rings. The quantitative estimate of drug-likeness (QED) is 0.313. The van der Waals surface area contributed by atoms with Gasteiger partial charge in [0, 0.05) is 48.2 Å². The van der Waals surface area contributed by atoms with Crippen LogP contribution in [0.1, 0.15) is 29.0 Å². The van der Waals surface area contributed by atoms with Gasteiger partial charge in [0.15, 0.2) is 5.11 Å². The highest BCUT2D eigenvalue weighted by atomic mass is 32.1. The molecule has 10 heteroatoms. The maximum absolute atomic E-state index is 13.5. The summed E-state index contributed by atoms with van der Waals surface area (Å²) in [6.07, 6.45) is -0.936. The van der Waals surface area contributed by atoms with Crippen LogP contribution < -0.4 is 15.1 Å². The summed E-state index contributed by atoms with van der Waals surface area (Å²) >= 11 is 5.84. The molecule has 2 atom stereocenters. The first-order chi connectivity index (χ1) is 18.9. The van der Waals surface area contributed by atoms with E-state index in [0.717, 1.165) is 41.9 Å². The molecular weight excluding hydrogens is 523 g/mol. The molecule has 6 rings (SSSR count). The minimum absolute atomic E-state index is 0.322. The zero-order chi connectivity index (χ0) is 27.0. The topological polar surface area (TPSA) is 45.6 Å². The Morgan fingerprint density at radius 2 is 1.64 bits per heavy atom. The summed E-state index contributed by atoms with van der Waals surface area (Å²) in [6, 6.07) is 22.3. The van der Waals surface area contributed by atoms with Gasteiger partial charge in [-0.05, 0) is 78.9 Å². The van der Waals surface area contributed by atoms with E-state index < -0.39 is 11.7 Å². The Bertz CT molecular complexity index is 1450. The van der Waals surface area contributed by atoms with E-state index in [-0.39, 0.29) is 12.1 Å². The van der Waals surface area contributed by atoms with Gasteiger partial charge < -0.3 is 24.4 Å². The Hall–Kier alpha value is -3.89. The zero-order valence-electron chi connectivity index (χ0n) is 20.9. The monoisotopic (exact) mass is 549 g/mol. The van der Waals surface area contributed by atoms with E-state index in [1.54, 1.807) is 23.0 Å². The first-order valence-corrected chi connectivity index (χ1v) is 13.1. The molecule has 1 N–H and O–H groups in total. The van der Waals surface area contributed by atoms with Gasteiger partial charge in [-0.1, -0.05) is 12.1 Å². The van der Waals surface area contributed by atoms with E-state index in [4.69, 9.17) is 17.0 Å². The molecule has 2 saturated heterocycles. The average molecular weight is 550 g/mol. The fraction of sp³-hybridized carbons (Fsp3) is 0.241. The Kier molecular flexibility index (Phi) is 6.74. The number of pyridine rings is 1. The van der Waals surface area contributed by atoms with Crippen molar-refractivity contribution >= 4 is 28.7 Å². The molecule has 2 aromatic heterocycles. The number of thiocarbonyl (C=S) groups is 1. The molecule has 0 saturated carbocycles. The number of benzene rings is 2. The van der Waals surface area contributed by atoms with Crippen LogP contribution in [0, 0.1) is 0 Å². The summed E-state index contributed by atoms with van der Waals surface area (Å²) < 4.78 is 47.9. The summed E-state index contributed by atoms with van der Waals surface area (Å²) in [7, 11) is 0. The highest BCUT2D eigenvalue weighted by molar-refractivity contribution is 7.80. The lowest BCUT2D eigenvalue weighted by molar-refractivity contribution is -0.137. The molecule has 2 aromatic carbocycles. The van der Waals surface area contributed by atoms with E-state index in [1.165, 1.54) is 12.1 Å². The van der Waals surface area contributed by atoms with Gasteiger partial charge in [-0.3, -0.25) is 4.98 Å². The van der Waals surface area contributed by atoms with Crippen molar-refractivity contribution in [2.75, 3.05) is 36.1 Å². The number of nitrogens with one attached hydrogen (secondary N) is 1. The lowest BCUT2D eigenvalue weighted by Crippen LogP contribution is -2.36. The number of hydrogen-bond donors (Lipinski definition) is 1. The third kappa shape index (κ3) is 4.97. The van der Waals surface area contributed by atoms with Gasteiger partial charge in [-0.2, -0.15) is 13.2 Å². The maximum Gasteiger partial charge on any atom is 0.416 e. The second kappa shape index (κ2) is 10.3. The molecule has 0 bridgehead atoms. The van der Waals surface area contributed by atoms with Crippen molar-refractivity contribution in [1.82, 2.24) is 14.9 Å². The van der Waals surface area contributed by atoms with Gasteiger partial charge in [0.25, 0.3) is 0 Å². The molecule has 0 unspecified atom stereocenters. The largest absolute Gasteiger partial charge is 0.416 e. The fourth-order valence-electron chi connectivity index (χ4n) is 5.28. The average Bonchev–Trinajstić information content (AvgIpc) is 3.58. The van der Waals surface area contributed by atoms with Crippen LogP contribution in [-0.2, 0) is 10.9 Å². The van der Waals surface area contributed by atoms with Crippen LogP contribution in [-0.4, -0.2) is 41.0 Å². The number of morpholine rings is 1. The molecule has 0 amide bonds. The SMILES string of the molecule is FC(F)(F)c1cccc(-n2cccc2[C@@H]2[C@H](c3ccccn3)NC(=S)N2c2ccc(N3CCOCC3)cc2)c1. The Morgan fingerprint density at radius 1 is 0.872 bits per heavy atom. The van der Waals surface area contributed by atoms with Crippen LogP contribution >= 0.6 is 12.2 Å². The third-order valence-electron chi connectivity index (χ3n) is 7.14. The maximum atomic E-state index is 13.5. The number of aromatic nitrogens is 2. The lowest BCUT2D eigenvalue weighted by Gasteiger charge is -2.31. The highest BCUT2D eigenvalue weighted by Gasteiger charge is 2.42. The van der Waals surface area contributed by atoms with E-state index in [9.17, 15) is 13.2 Å². The first-order valence-electron chi connectivity index (χ1n) is 12.7. The molecule has 6 nitrogen and oxygen atoms in total. The van der Waals surface area contributed by atoms with Crippen molar-refractivity contribution in [3.05, 3.63) is 108 Å². The number of alkyl halides is 3. The van der Waals surface area contributed by atoms with Crippen LogP contribution in [0.5, 0.6) is 0 Å². The van der Waals surface area contributed by atoms with Crippen molar-refractivity contribution in [3.63, 3.8) is 0 Å². The van der Waals surface area contributed by atoms with Crippen LogP contribution in [0.15, 0.2) is 91.3 Å². The van der Waals surface area contributed by atoms with Gasteiger partial charge in [0.05, 0.1) is 30.5 Å². The molecule has 0 spiro atoms. The number of hydrogen-bond acceptors (Lipinski definition) is 4. The van der Waals surface area contributed by atoms with Crippen molar-refractivity contribution in [2.24, 2.45) is 0 Å². The minimum Gasteiger partial charge on any atom is -0.378 e. The first kappa shape index (κ1) is 25.4. The van der Waals surface area contributed by atoms with Crippen molar-refractivity contribution in [1.29, 1.82) is 0 Å². The summed E-state index contributed by atoms with van der Waals surface area (Å²) in [4.78, 5) is 8.89. The van der Waals surface area contributed by atoms with Gasteiger partial charge in [0.1, 0.15) is 6.04 Å². The predicted octanol–water partition coefficient (Wildman–Crippen LogP) is 5.90. The normalized spacial score (nSPS) is 19.8. The minimum atomic E-state index is -4.44. The molecule has 4 aromatic rings. The number of nitrogens with zero attached hydrogens (tertiary/aromatic N) is 4. The predicted molar refractivity (Wildman–Crippen MR) is 148 cm³/mol. The Labute approximate surface area is 229 Å². The molecule has 0 aliphatic carbocycles. The van der Waals surface area contributed by atoms with Crippen LogP contribution in [0.3, 0.4) is 0 Å². The van der Waals surface area contributed by atoms with Gasteiger partial charge in [-0.15, -0.1) is 0 Å². The van der Waals surface area contributed by atoms with Crippen molar-refractivity contribution in [3.8, 4) is 5.69 Å². The van der Waals surface area contributed by atoms with Crippen LogP contribution in [0.25, 0.3) is 5.69 Å². The van der Waals surface area contributed by atoms with Gasteiger partial charge >= 0.3 is 6.18 Å². The second-order valence-electron chi connectivity index (χ2n) is 9.46.